The summed E-state index contributed by atoms with van der Waals surface area (Å²) in [5.74, 6) is -0.742. The second-order valence-corrected chi connectivity index (χ2v) is 3.04. The third-order valence-electron chi connectivity index (χ3n) is 1.40. The zero-order valence-corrected chi connectivity index (χ0v) is 7.75. The van der Waals surface area contributed by atoms with E-state index in [4.69, 9.17) is 0 Å². The second kappa shape index (κ2) is 4.17. The van der Waals surface area contributed by atoms with Crippen molar-refractivity contribution in [3.63, 3.8) is 0 Å². The van der Waals surface area contributed by atoms with E-state index in [1.54, 1.807) is 13.8 Å². The Labute approximate surface area is 79.3 Å². The fourth-order valence-corrected chi connectivity index (χ4v) is 0.832. The van der Waals surface area contributed by atoms with Crippen LogP contribution in [-0.4, -0.2) is 17.1 Å². The Morgan fingerprint density at radius 1 is 1.57 bits per heavy atom. The Balaban J connectivity index is 2.71. The lowest BCUT2D eigenvalue weighted by molar-refractivity contribution is 0.0903. The molecule has 1 rings (SSSR count). The molecule has 0 atom stereocenters. The topological polar surface area (TPSA) is 55.1 Å². The van der Waals surface area contributed by atoms with Crippen LogP contribution in [0.1, 0.15) is 36.5 Å². The molecule has 1 N–H and O–H groups in total. The van der Waals surface area contributed by atoms with E-state index >= 15 is 0 Å². The van der Waals surface area contributed by atoms with Crippen LogP contribution in [0.25, 0.3) is 0 Å². The number of amides is 1. The predicted octanol–water partition coefficient (Wildman–Crippen LogP) is 1.75. The number of aromatic nitrogens is 1. The average Bonchev–Trinajstić information content (AvgIpc) is 2.50. The molecule has 1 amide bonds. The molecular formula is C8H10F2N2O2. The largest absolute Gasteiger partial charge is 0.351 e. The Morgan fingerprint density at radius 3 is 2.64 bits per heavy atom. The summed E-state index contributed by atoms with van der Waals surface area (Å²) in [5.41, 5.74) is -0.529. The van der Waals surface area contributed by atoms with Gasteiger partial charge in [-0.05, 0) is 13.8 Å². The van der Waals surface area contributed by atoms with Crippen LogP contribution in [0.3, 0.4) is 0 Å². The Kier molecular flexibility index (Phi) is 3.16. The van der Waals surface area contributed by atoms with Gasteiger partial charge in [0.05, 0.1) is 0 Å². The fourth-order valence-electron chi connectivity index (χ4n) is 0.832. The molecule has 6 heteroatoms. The lowest BCUT2D eigenvalue weighted by Gasteiger charge is -2.04. The first-order chi connectivity index (χ1) is 6.50. The number of hydrogen-bond donors (Lipinski definition) is 1. The van der Waals surface area contributed by atoms with Gasteiger partial charge in [-0.3, -0.25) is 4.79 Å². The molecule has 1 aromatic rings. The van der Waals surface area contributed by atoms with E-state index in [1.165, 1.54) is 0 Å². The van der Waals surface area contributed by atoms with Gasteiger partial charge in [-0.15, -0.1) is 0 Å². The molecule has 0 aliphatic carbocycles. The van der Waals surface area contributed by atoms with Gasteiger partial charge < -0.3 is 9.84 Å². The minimum absolute atomic E-state index is 0.0809. The molecular weight excluding hydrogens is 194 g/mol. The number of nitrogens with one attached hydrogen (secondary N) is 1. The minimum atomic E-state index is -2.72. The molecule has 0 aliphatic heterocycles. The number of rotatable bonds is 3. The van der Waals surface area contributed by atoms with Crippen LogP contribution >= 0.6 is 0 Å². The molecule has 14 heavy (non-hydrogen) atoms. The highest BCUT2D eigenvalue weighted by molar-refractivity contribution is 5.91. The number of halogens is 2. The molecule has 4 nitrogen and oxygen atoms in total. The van der Waals surface area contributed by atoms with Crippen molar-refractivity contribution in [1.29, 1.82) is 0 Å². The second-order valence-electron chi connectivity index (χ2n) is 3.04. The normalized spacial score (nSPS) is 11.0. The number of carbonyl (C=O) groups is 1. The summed E-state index contributed by atoms with van der Waals surface area (Å²) in [7, 11) is 0. The van der Waals surface area contributed by atoms with Gasteiger partial charge in [-0.1, -0.05) is 5.16 Å². The van der Waals surface area contributed by atoms with Gasteiger partial charge in [-0.2, -0.15) is 0 Å². The maximum absolute atomic E-state index is 12.1. The maximum Gasteiger partial charge on any atom is 0.290 e. The van der Waals surface area contributed by atoms with Crippen LogP contribution in [0.4, 0.5) is 8.78 Å². The van der Waals surface area contributed by atoms with Gasteiger partial charge in [0.2, 0.25) is 5.76 Å². The summed E-state index contributed by atoms with van der Waals surface area (Å²) in [6.07, 6.45) is -2.72. The van der Waals surface area contributed by atoms with Crippen molar-refractivity contribution in [1.82, 2.24) is 10.5 Å². The molecule has 0 unspecified atom stereocenters. The SMILES string of the molecule is CC(C)NC(=O)c1cc(C(F)F)no1. The Morgan fingerprint density at radius 2 is 2.21 bits per heavy atom. The molecule has 0 saturated carbocycles. The maximum atomic E-state index is 12.1. The smallest absolute Gasteiger partial charge is 0.290 e. The van der Waals surface area contributed by atoms with E-state index in [0.29, 0.717) is 0 Å². The summed E-state index contributed by atoms with van der Waals surface area (Å²) in [5, 5.41) is 5.55. The fraction of sp³-hybridized carbons (Fsp3) is 0.500. The summed E-state index contributed by atoms with van der Waals surface area (Å²) in [4.78, 5) is 11.2. The van der Waals surface area contributed by atoms with Crippen LogP contribution in [0.2, 0.25) is 0 Å². The summed E-state index contributed by atoms with van der Waals surface area (Å²) >= 11 is 0. The molecule has 0 saturated heterocycles. The summed E-state index contributed by atoms with van der Waals surface area (Å²) in [6, 6.07) is 0.852. The van der Waals surface area contributed by atoms with E-state index < -0.39 is 18.0 Å². The van der Waals surface area contributed by atoms with E-state index in [0.717, 1.165) is 6.07 Å². The molecule has 1 heterocycles. The van der Waals surface area contributed by atoms with Crippen molar-refractivity contribution in [2.45, 2.75) is 26.3 Å². The zero-order chi connectivity index (χ0) is 10.7. The Hall–Kier alpha value is -1.46. The van der Waals surface area contributed by atoms with Gasteiger partial charge in [0.15, 0.2) is 5.69 Å². The molecule has 0 radical (unpaired) electrons. The zero-order valence-electron chi connectivity index (χ0n) is 7.75. The summed E-state index contributed by atoms with van der Waals surface area (Å²) in [6.45, 7) is 3.50. The molecule has 1 aromatic heterocycles. The highest BCUT2D eigenvalue weighted by atomic mass is 19.3. The van der Waals surface area contributed by atoms with Crippen LogP contribution in [-0.2, 0) is 0 Å². The first-order valence-electron chi connectivity index (χ1n) is 4.06. The molecule has 0 bridgehead atoms. The van der Waals surface area contributed by atoms with Gasteiger partial charge in [-0.25, -0.2) is 8.78 Å². The molecule has 0 aliphatic rings. The lowest BCUT2D eigenvalue weighted by atomic mass is 10.3. The number of nitrogens with zero attached hydrogens (tertiary/aromatic N) is 1. The van der Waals surface area contributed by atoms with Gasteiger partial charge in [0, 0.05) is 12.1 Å². The van der Waals surface area contributed by atoms with Gasteiger partial charge in [0.25, 0.3) is 12.3 Å². The molecule has 78 valence electrons. The van der Waals surface area contributed by atoms with Crippen LogP contribution in [0.15, 0.2) is 10.6 Å². The van der Waals surface area contributed by atoms with Crippen molar-refractivity contribution in [3.8, 4) is 0 Å². The first-order valence-corrected chi connectivity index (χ1v) is 4.06. The van der Waals surface area contributed by atoms with Crippen molar-refractivity contribution >= 4 is 5.91 Å². The Bertz CT molecular complexity index is 323. The van der Waals surface area contributed by atoms with E-state index in [2.05, 4.69) is 15.0 Å². The lowest BCUT2D eigenvalue weighted by Crippen LogP contribution is -2.29. The number of hydrogen-bond acceptors (Lipinski definition) is 3. The molecule has 0 aromatic carbocycles. The van der Waals surface area contributed by atoms with Gasteiger partial charge in [0.1, 0.15) is 0 Å². The van der Waals surface area contributed by atoms with E-state index in [-0.39, 0.29) is 11.8 Å². The van der Waals surface area contributed by atoms with E-state index in [1.807, 2.05) is 0 Å². The van der Waals surface area contributed by atoms with Crippen LogP contribution < -0.4 is 5.32 Å². The van der Waals surface area contributed by atoms with Gasteiger partial charge >= 0.3 is 0 Å². The summed E-state index contributed by atoms with van der Waals surface area (Å²) < 4.78 is 28.6. The minimum Gasteiger partial charge on any atom is -0.351 e. The van der Waals surface area contributed by atoms with Crippen molar-refractivity contribution in [2.75, 3.05) is 0 Å². The number of carbonyl (C=O) groups excluding carboxylic acids is 1. The van der Waals surface area contributed by atoms with Crippen LogP contribution in [0.5, 0.6) is 0 Å². The standard InChI is InChI=1S/C8H10F2N2O2/c1-4(2)11-8(13)6-3-5(7(9)10)12-14-6/h3-4,7H,1-2H3,(H,11,13). The monoisotopic (exact) mass is 204 g/mol. The van der Waals surface area contributed by atoms with Crippen molar-refractivity contribution in [2.24, 2.45) is 0 Å². The van der Waals surface area contributed by atoms with E-state index in [9.17, 15) is 13.6 Å². The van der Waals surface area contributed by atoms with Crippen molar-refractivity contribution < 1.29 is 18.1 Å². The van der Waals surface area contributed by atoms with Crippen LogP contribution in [0, 0.1) is 0 Å². The van der Waals surface area contributed by atoms with Crippen molar-refractivity contribution in [3.05, 3.63) is 17.5 Å². The predicted molar refractivity (Wildman–Crippen MR) is 44.1 cm³/mol. The first kappa shape index (κ1) is 10.6. The third-order valence-corrected chi connectivity index (χ3v) is 1.40. The number of alkyl halides is 2. The third kappa shape index (κ3) is 2.51. The average molecular weight is 204 g/mol. The highest BCUT2D eigenvalue weighted by Crippen LogP contribution is 2.17. The highest BCUT2D eigenvalue weighted by Gasteiger charge is 2.18. The molecule has 0 spiro atoms. The molecule has 0 fully saturated rings. The quantitative estimate of drug-likeness (QED) is 0.815.